The lowest BCUT2D eigenvalue weighted by atomic mass is 9.93. The van der Waals surface area contributed by atoms with Gasteiger partial charge in [0.2, 0.25) is 0 Å². The van der Waals surface area contributed by atoms with E-state index in [1.807, 2.05) is 0 Å². The zero-order valence-corrected chi connectivity index (χ0v) is 27.7. The van der Waals surface area contributed by atoms with E-state index in [1.165, 1.54) is 35.1 Å². The molecule has 2 fully saturated rings. The van der Waals surface area contributed by atoms with Crippen LogP contribution in [-0.4, -0.2) is 26.4 Å². The van der Waals surface area contributed by atoms with E-state index in [-0.39, 0.29) is 5.41 Å². The Morgan fingerprint density at radius 3 is 1.85 bits per heavy atom. The van der Waals surface area contributed by atoms with Gasteiger partial charge in [0.25, 0.3) is 0 Å². The van der Waals surface area contributed by atoms with Crippen LogP contribution in [0.25, 0.3) is 0 Å². The molecule has 4 rings (SSSR count). The third-order valence-corrected chi connectivity index (χ3v) is 10.4. The summed E-state index contributed by atoms with van der Waals surface area (Å²) in [6.45, 7) is 15.3. The fourth-order valence-corrected chi connectivity index (χ4v) is 7.51. The molecule has 0 amide bonds. The van der Waals surface area contributed by atoms with Crippen molar-refractivity contribution in [1.82, 2.24) is 0 Å². The molecule has 0 aromatic heterocycles. The predicted molar refractivity (Wildman–Crippen MR) is 169 cm³/mol. The van der Waals surface area contributed by atoms with Gasteiger partial charge in [0.1, 0.15) is 11.5 Å². The van der Waals surface area contributed by atoms with Crippen LogP contribution in [0.15, 0.2) is 36.4 Å². The maximum Gasteiger partial charge on any atom is 0.397 e. The summed E-state index contributed by atoms with van der Waals surface area (Å²) < 4.78 is 37.1. The number of rotatable bonds is 14. The van der Waals surface area contributed by atoms with E-state index in [9.17, 15) is 0 Å². The highest BCUT2D eigenvalue weighted by Gasteiger charge is 2.45. The molecular formula is C33H50O6P2. The Morgan fingerprint density at radius 1 is 0.707 bits per heavy atom. The number of unbranched alkanes of at least 4 members (excludes halogenated alkanes) is 2. The van der Waals surface area contributed by atoms with Gasteiger partial charge in [-0.05, 0) is 84.7 Å². The van der Waals surface area contributed by atoms with Crippen molar-refractivity contribution in [3.63, 3.8) is 0 Å². The van der Waals surface area contributed by atoms with Crippen molar-refractivity contribution >= 4 is 17.2 Å². The van der Waals surface area contributed by atoms with Gasteiger partial charge in [0, 0.05) is 0 Å². The molecule has 2 aliphatic rings. The Labute approximate surface area is 250 Å². The first-order valence-corrected chi connectivity index (χ1v) is 17.8. The zero-order chi connectivity index (χ0) is 29.2. The lowest BCUT2D eigenvalue weighted by Crippen LogP contribution is -2.45. The van der Waals surface area contributed by atoms with Crippen LogP contribution in [0.1, 0.15) is 114 Å². The van der Waals surface area contributed by atoms with Crippen LogP contribution < -0.4 is 9.05 Å². The molecule has 0 saturated carbocycles. The lowest BCUT2D eigenvalue weighted by Gasteiger charge is -2.41. The second kappa shape index (κ2) is 16.0. The Kier molecular flexibility index (Phi) is 12.7. The molecule has 2 aromatic carbocycles. The minimum atomic E-state index is -1.47. The quantitative estimate of drug-likeness (QED) is 0.200. The monoisotopic (exact) mass is 604 g/mol. The van der Waals surface area contributed by atoms with Crippen LogP contribution >= 0.6 is 17.2 Å². The SMILES string of the molecule is CCCCc1ccc(OP2OCC3(COP(Oc4ccc(C(C)CC)cc4CCCC)OC3)CO2)c(C(C)CC)c1. The van der Waals surface area contributed by atoms with Crippen molar-refractivity contribution in [2.75, 3.05) is 26.4 Å². The maximum atomic E-state index is 6.30. The normalized spacial score (nSPS) is 24.2. The molecule has 2 aromatic rings. The first-order valence-electron chi connectivity index (χ1n) is 15.6. The van der Waals surface area contributed by atoms with Gasteiger partial charge in [-0.1, -0.05) is 78.6 Å². The van der Waals surface area contributed by atoms with Gasteiger partial charge in [0.05, 0.1) is 31.8 Å². The molecule has 2 saturated heterocycles. The molecule has 0 radical (unpaired) electrons. The molecule has 228 valence electrons. The van der Waals surface area contributed by atoms with Crippen molar-refractivity contribution in [2.24, 2.45) is 5.41 Å². The standard InChI is InChI=1S/C33H50O6P2/c1-7-11-13-27-15-17-32(30(19-27)26(6)10-4)39-41-36-23-33(24-37-41)21-34-40(35-22-33)38-31-18-16-28(25(5)9-3)20-29(31)14-12-8-2/h15-20,25-26H,7-14,21-24H2,1-6H3. The van der Waals surface area contributed by atoms with Gasteiger partial charge in [0.15, 0.2) is 0 Å². The summed E-state index contributed by atoms with van der Waals surface area (Å²) in [5.74, 6) is 2.68. The Hall–Kier alpha value is -1.26. The van der Waals surface area contributed by atoms with Crippen molar-refractivity contribution < 1.29 is 27.1 Å². The maximum absolute atomic E-state index is 6.30. The first kappa shape index (κ1) is 32.6. The summed E-state index contributed by atoms with van der Waals surface area (Å²) in [6, 6.07) is 13.1. The summed E-state index contributed by atoms with van der Waals surface area (Å²) in [5, 5.41) is 0. The summed E-state index contributed by atoms with van der Waals surface area (Å²) in [5.41, 5.74) is 4.85. The van der Waals surface area contributed by atoms with E-state index in [0.717, 1.165) is 50.0 Å². The molecule has 0 N–H and O–H groups in total. The molecular weight excluding hydrogens is 554 g/mol. The summed E-state index contributed by atoms with van der Waals surface area (Å²) in [7, 11) is -2.94. The minimum absolute atomic E-state index is 0.348. The fraction of sp³-hybridized carbons (Fsp3) is 0.636. The van der Waals surface area contributed by atoms with Crippen LogP contribution in [0.2, 0.25) is 0 Å². The molecule has 0 aliphatic carbocycles. The molecule has 2 atom stereocenters. The van der Waals surface area contributed by atoms with Gasteiger partial charge in [-0.25, -0.2) is 0 Å². The molecule has 0 bridgehead atoms. The molecule has 6 nitrogen and oxygen atoms in total. The van der Waals surface area contributed by atoms with Crippen LogP contribution in [0.4, 0.5) is 0 Å². The van der Waals surface area contributed by atoms with Crippen molar-refractivity contribution in [3.05, 3.63) is 58.7 Å². The summed E-state index contributed by atoms with van der Waals surface area (Å²) >= 11 is 0. The van der Waals surface area contributed by atoms with Crippen molar-refractivity contribution in [1.29, 1.82) is 0 Å². The second-order valence-electron chi connectivity index (χ2n) is 11.8. The highest BCUT2D eigenvalue weighted by molar-refractivity contribution is 7.42. The van der Waals surface area contributed by atoms with Crippen LogP contribution in [0.5, 0.6) is 11.5 Å². The minimum Gasteiger partial charge on any atom is -0.426 e. The van der Waals surface area contributed by atoms with Crippen LogP contribution in [0.3, 0.4) is 0 Å². The predicted octanol–water partition coefficient (Wildman–Crippen LogP) is 10.4. The molecule has 1 spiro atoms. The third kappa shape index (κ3) is 8.88. The van der Waals surface area contributed by atoms with Crippen LogP contribution in [-0.2, 0) is 30.9 Å². The highest BCUT2D eigenvalue weighted by atomic mass is 31.2. The van der Waals surface area contributed by atoms with Gasteiger partial charge in [-0.15, -0.1) is 0 Å². The number of benzene rings is 2. The van der Waals surface area contributed by atoms with Crippen molar-refractivity contribution in [3.8, 4) is 11.5 Å². The van der Waals surface area contributed by atoms with Crippen LogP contribution in [0, 0.1) is 5.41 Å². The molecule has 2 aliphatic heterocycles. The van der Waals surface area contributed by atoms with Gasteiger partial charge < -0.3 is 27.1 Å². The van der Waals surface area contributed by atoms with Gasteiger partial charge in [-0.2, -0.15) is 0 Å². The number of aryl methyl sites for hydroxylation is 2. The Bertz CT molecular complexity index is 1080. The van der Waals surface area contributed by atoms with E-state index in [1.54, 1.807) is 0 Å². The van der Waals surface area contributed by atoms with E-state index in [2.05, 4.69) is 77.9 Å². The average Bonchev–Trinajstić information content (AvgIpc) is 3.01. The lowest BCUT2D eigenvalue weighted by molar-refractivity contribution is -0.0673. The largest absolute Gasteiger partial charge is 0.426 e. The Balaban J connectivity index is 1.31. The van der Waals surface area contributed by atoms with Gasteiger partial charge in [-0.3, -0.25) is 0 Å². The molecule has 8 heteroatoms. The van der Waals surface area contributed by atoms with E-state index >= 15 is 0 Å². The number of hydrogen-bond donors (Lipinski definition) is 0. The topological polar surface area (TPSA) is 55.4 Å². The third-order valence-electron chi connectivity index (χ3n) is 8.35. The van der Waals surface area contributed by atoms with Crippen molar-refractivity contribution in [2.45, 2.75) is 105 Å². The molecule has 2 unspecified atom stereocenters. The van der Waals surface area contributed by atoms with E-state index < -0.39 is 17.2 Å². The smallest absolute Gasteiger partial charge is 0.397 e. The fourth-order valence-electron chi connectivity index (χ4n) is 4.96. The molecule has 2 heterocycles. The summed E-state index contributed by atoms with van der Waals surface area (Å²) in [4.78, 5) is 0. The van der Waals surface area contributed by atoms with E-state index in [0.29, 0.717) is 38.3 Å². The Morgan fingerprint density at radius 2 is 1.27 bits per heavy atom. The first-order chi connectivity index (χ1) is 19.9. The highest BCUT2D eigenvalue weighted by Crippen LogP contribution is 2.54. The number of hydrogen-bond acceptors (Lipinski definition) is 6. The van der Waals surface area contributed by atoms with Gasteiger partial charge >= 0.3 is 17.2 Å². The average molecular weight is 605 g/mol. The van der Waals surface area contributed by atoms with E-state index in [4.69, 9.17) is 27.1 Å². The zero-order valence-electron chi connectivity index (χ0n) is 25.9. The second-order valence-corrected chi connectivity index (χ2v) is 14.1. The summed E-state index contributed by atoms with van der Waals surface area (Å²) in [6.07, 6.45) is 8.93. The molecule has 41 heavy (non-hydrogen) atoms.